The fourth-order valence-corrected chi connectivity index (χ4v) is 2.51. The van der Waals surface area contributed by atoms with Gasteiger partial charge in [0.25, 0.3) is 0 Å². The molecule has 1 aliphatic rings. The van der Waals surface area contributed by atoms with E-state index in [9.17, 15) is 4.39 Å². The molecule has 1 atom stereocenters. The molecule has 0 radical (unpaired) electrons. The molecule has 0 bridgehead atoms. The third-order valence-corrected chi connectivity index (χ3v) is 3.77. The maximum Gasteiger partial charge on any atom is 0.167 e. The zero-order chi connectivity index (χ0) is 14.5. The summed E-state index contributed by atoms with van der Waals surface area (Å²) in [5.74, 6) is -0.136. The van der Waals surface area contributed by atoms with Crippen LogP contribution in [0.1, 0.15) is 26.2 Å². The van der Waals surface area contributed by atoms with Crippen LogP contribution >= 0.6 is 0 Å². The van der Waals surface area contributed by atoms with Crippen LogP contribution < -0.4 is 15.8 Å². The lowest BCUT2D eigenvalue weighted by atomic mass is 10.2. The molecule has 5 heteroatoms. The van der Waals surface area contributed by atoms with Crippen LogP contribution in [0.25, 0.3) is 0 Å². The summed E-state index contributed by atoms with van der Waals surface area (Å²) >= 11 is 0. The van der Waals surface area contributed by atoms with Crippen LogP contribution in [0.5, 0.6) is 5.75 Å². The number of nitrogens with two attached hydrogens (primary N) is 1. The van der Waals surface area contributed by atoms with Gasteiger partial charge in [-0.2, -0.15) is 0 Å². The number of rotatable bonds is 6. The molecule has 2 rings (SSSR count). The fraction of sp³-hybridized carbons (Fsp3) is 0.600. The minimum absolute atomic E-state index is 0.267. The maximum absolute atomic E-state index is 13.7. The Kier molecular flexibility index (Phi) is 5.06. The van der Waals surface area contributed by atoms with Gasteiger partial charge in [0.2, 0.25) is 0 Å². The summed E-state index contributed by atoms with van der Waals surface area (Å²) in [6.07, 6.45) is 3.26. The third kappa shape index (κ3) is 3.54. The number of nitrogens with one attached hydrogen (secondary N) is 1. The van der Waals surface area contributed by atoms with E-state index < -0.39 is 5.82 Å². The first-order valence-electron chi connectivity index (χ1n) is 7.27. The lowest BCUT2D eigenvalue weighted by Gasteiger charge is -2.21. The van der Waals surface area contributed by atoms with Gasteiger partial charge in [-0.15, -0.1) is 0 Å². The molecule has 4 nitrogen and oxygen atoms in total. The summed E-state index contributed by atoms with van der Waals surface area (Å²) < 4.78 is 19.1. The number of anilines is 2. The zero-order valence-corrected chi connectivity index (χ0v) is 12.3. The number of nitrogen functional groups attached to an aromatic ring is 1. The molecule has 0 aromatic heterocycles. The first-order valence-corrected chi connectivity index (χ1v) is 7.27. The van der Waals surface area contributed by atoms with Gasteiger partial charge in [0, 0.05) is 24.7 Å². The van der Waals surface area contributed by atoms with Crippen molar-refractivity contribution >= 4 is 11.4 Å². The van der Waals surface area contributed by atoms with E-state index in [1.54, 1.807) is 6.07 Å². The Morgan fingerprint density at radius 3 is 2.95 bits per heavy atom. The number of benzene rings is 1. The summed E-state index contributed by atoms with van der Waals surface area (Å²) in [6.45, 7) is 4.45. The number of hydrogen-bond acceptors (Lipinski definition) is 4. The van der Waals surface area contributed by atoms with Crippen molar-refractivity contribution in [2.24, 2.45) is 0 Å². The molecule has 1 unspecified atom stereocenters. The molecule has 1 saturated heterocycles. The fourth-order valence-electron chi connectivity index (χ4n) is 2.51. The Balaban J connectivity index is 2.02. The van der Waals surface area contributed by atoms with Crippen molar-refractivity contribution in [3.8, 4) is 5.75 Å². The normalized spacial score (nSPS) is 19.2. The average molecular weight is 281 g/mol. The van der Waals surface area contributed by atoms with E-state index in [-0.39, 0.29) is 5.75 Å². The van der Waals surface area contributed by atoms with Crippen LogP contribution in [-0.4, -0.2) is 37.7 Å². The summed E-state index contributed by atoms with van der Waals surface area (Å²) in [5, 5.41) is 3.32. The summed E-state index contributed by atoms with van der Waals surface area (Å²) in [5.41, 5.74) is 7.04. The first kappa shape index (κ1) is 14.9. The van der Waals surface area contributed by atoms with E-state index in [4.69, 9.17) is 10.5 Å². The van der Waals surface area contributed by atoms with Gasteiger partial charge >= 0.3 is 0 Å². The Morgan fingerprint density at radius 2 is 2.30 bits per heavy atom. The van der Waals surface area contributed by atoms with Crippen molar-refractivity contribution in [3.63, 3.8) is 0 Å². The molecule has 1 aromatic rings. The molecule has 112 valence electrons. The quantitative estimate of drug-likeness (QED) is 0.787. The maximum atomic E-state index is 13.7. The predicted octanol–water partition coefficient (Wildman–Crippen LogP) is 2.70. The highest BCUT2D eigenvalue weighted by Crippen LogP contribution is 2.29. The summed E-state index contributed by atoms with van der Waals surface area (Å²) in [6, 6.07) is 3.50. The van der Waals surface area contributed by atoms with Crippen molar-refractivity contribution in [1.82, 2.24) is 4.90 Å². The van der Waals surface area contributed by atoms with Gasteiger partial charge in [-0.1, -0.05) is 6.92 Å². The van der Waals surface area contributed by atoms with Crippen LogP contribution in [0, 0.1) is 5.82 Å². The van der Waals surface area contributed by atoms with Crippen molar-refractivity contribution < 1.29 is 9.13 Å². The molecule has 0 saturated carbocycles. The average Bonchev–Trinajstić information content (AvgIpc) is 2.82. The molecule has 1 fully saturated rings. The summed E-state index contributed by atoms with van der Waals surface area (Å²) in [7, 11) is 2.13. The van der Waals surface area contributed by atoms with Crippen molar-refractivity contribution in [2.75, 3.05) is 37.8 Å². The highest BCUT2D eigenvalue weighted by Gasteiger charge is 2.20. The lowest BCUT2D eigenvalue weighted by molar-refractivity contribution is 0.301. The number of nitrogens with zero attached hydrogens (tertiary/aromatic N) is 1. The second-order valence-corrected chi connectivity index (χ2v) is 5.38. The molecular weight excluding hydrogens is 257 g/mol. The van der Waals surface area contributed by atoms with Gasteiger partial charge in [0.05, 0.1) is 18.0 Å². The number of likely N-dealkylation sites (N-methyl/N-ethyl adjacent to an activating group) is 1. The third-order valence-electron chi connectivity index (χ3n) is 3.77. The van der Waals surface area contributed by atoms with Crippen molar-refractivity contribution in [2.45, 2.75) is 32.2 Å². The minimum Gasteiger partial charge on any atom is -0.490 e. The number of ether oxygens (including phenoxy) is 1. The van der Waals surface area contributed by atoms with Crippen molar-refractivity contribution in [1.29, 1.82) is 0 Å². The van der Waals surface area contributed by atoms with E-state index in [0.29, 0.717) is 18.3 Å². The Morgan fingerprint density at radius 1 is 1.50 bits per heavy atom. The van der Waals surface area contributed by atoms with Crippen LogP contribution in [0.4, 0.5) is 15.8 Å². The van der Waals surface area contributed by atoms with Crippen LogP contribution in [0.3, 0.4) is 0 Å². The van der Waals surface area contributed by atoms with Crippen LogP contribution in [0.2, 0.25) is 0 Å². The molecule has 1 aromatic carbocycles. The topological polar surface area (TPSA) is 50.5 Å². The second kappa shape index (κ2) is 6.79. The van der Waals surface area contributed by atoms with Gasteiger partial charge in [0.1, 0.15) is 0 Å². The number of halogens is 1. The number of likely N-dealkylation sites (tertiary alicyclic amines) is 1. The van der Waals surface area contributed by atoms with Crippen molar-refractivity contribution in [3.05, 3.63) is 17.9 Å². The van der Waals surface area contributed by atoms with E-state index in [1.165, 1.54) is 18.9 Å². The Hall–Kier alpha value is -1.49. The zero-order valence-electron chi connectivity index (χ0n) is 12.3. The predicted molar refractivity (Wildman–Crippen MR) is 80.7 cm³/mol. The smallest absolute Gasteiger partial charge is 0.167 e. The number of hydrogen-bond donors (Lipinski definition) is 2. The lowest BCUT2D eigenvalue weighted by Crippen LogP contribution is -2.31. The van der Waals surface area contributed by atoms with Crippen LogP contribution in [-0.2, 0) is 0 Å². The van der Waals surface area contributed by atoms with Gasteiger partial charge in [-0.05, 0) is 32.9 Å². The van der Waals surface area contributed by atoms with Gasteiger partial charge in [-0.25, -0.2) is 4.39 Å². The molecule has 1 heterocycles. The molecule has 1 aliphatic heterocycles. The Bertz CT molecular complexity index is 453. The van der Waals surface area contributed by atoms with E-state index in [1.807, 2.05) is 6.92 Å². The van der Waals surface area contributed by atoms with Gasteiger partial charge < -0.3 is 20.7 Å². The molecule has 3 N–H and O–H groups in total. The van der Waals surface area contributed by atoms with Gasteiger partial charge in [0.15, 0.2) is 11.6 Å². The minimum atomic E-state index is -0.403. The summed E-state index contributed by atoms with van der Waals surface area (Å²) in [4.78, 5) is 2.33. The molecule has 20 heavy (non-hydrogen) atoms. The molecule has 0 spiro atoms. The molecule has 0 amide bonds. The highest BCUT2D eigenvalue weighted by molar-refractivity contribution is 5.68. The second-order valence-electron chi connectivity index (χ2n) is 5.38. The monoisotopic (exact) mass is 281 g/mol. The Labute approximate surface area is 120 Å². The van der Waals surface area contributed by atoms with Crippen LogP contribution in [0.15, 0.2) is 12.1 Å². The molecule has 0 aliphatic carbocycles. The van der Waals surface area contributed by atoms with E-state index in [2.05, 4.69) is 17.3 Å². The highest BCUT2D eigenvalue weighted by atomic mass is 19.1. The van der Waals surface area contributed by atoms with E-state index >= 15 is 0 Å². The first-order chi connectivity index (χ1) is 9.61. The van der Waals surface area contributed by atoms with E-state index in [0.717, 1.165) is 25.2 Å². The largest absolute Gasteiger partial charge is 0.490 e. The SMILES string of the molecule is CCCOc1cc(NCC2CCCN2C)c(N)cc1F. The standard InChI is InChI=1S/C15H24FN3O/c1-3-7-20-15-9-14(13(17)8-12(15)16)18-10-11-5-4-6-19(11)2/h8-9,11,18H,3-7,10,17H2,1-2H3. The van der Waals surface area contributed by atoms with Gasteiger partial charge in [-0.3, -0.25) is 0 Å². The molecular formula is C15H24FN3O.